The molecule has 0 aliphatic carbocycles. The molecular weight excluding hydrogens is 396 g/mol. The maximum absolute atomic E-state index is 5.64. The highest BCUT2D eigenvalue weighted by Crippen LogP contribution is 2.33. The topological polar surface area (TPSA) is 18.5 Å². The molecule has 2 nitrogen and oxygen atoms in total. The molecule has 0 bridgehead atoms. The average molecular weight is 414 g/mol. The summed E-state index contributed by atoms with van der Waals surface area (Å²) in [7, 11) is 1.67. The van der Waals surface area contributed by atoms with Gasteiger partial charge in [0.25, 0.3) is 0 Å². The molecule has 21 heavy (non-hydrogen) atoms. The Kier molecular flexibility index (Phi) is 6.74. The van der Waals surface area contributed by atoms with Gasteiger partial charge in [0, 0.05) is 11.9 Å². The third-order valence-corrected chi connectivity index (χ3v) is 4.59. The minimum atomic E-state index is 0.282. The normalized spacial score (nSPS) is 12.1. The van der Waals surface area contributed by atoms with Crippen molar-refractivity contribution in [1.29, 1.82) is 0 Å². The summed E-state index contributed by atoms with van der Waals surface area (Å²) in [5.41, 5.74) is 2.54. The summed E-state index contributed by atoms with van der Waals surface area (Å²) in [4.78, 5) is 0.282. The third-order valence-electron chi connectivity index (χ3n) is 3.12. The van der Waals surface area contributed by atoms with Gasteiger partial charge in [0.1, 0.15) is 12.4 Å². The fraction of sp³-hybridized carbons (Fsp3) is 0.294. The van der Waals surface area contributed by atoms with Crippen LogP contribution in [0.25, 0.3) is 0 Å². The molecule has 2 aromatic rings. The Morgan fingerprint density at radius 3 is 2.48 bits per heavy atom. The molecule has 0 fully saturated rings. The number of hydrogen-bond acceptors (Lipinski definition) is 2. The van der Waals surface area contributed by atoms with Crippen molar-refractivity contribution in [3.8, 4) is 5.75 Å². The van der Waals surface area contributed by atoms with E-state index in [2.05, 4.69) is 68.3 Å². The molecule has 1 atom stereocenters. The average Bonchev–Trinajstić information content (AvgIpc) is 2.50. The highest BCUT2D eigenvalue weighted by atomic mass is 79.9. The van der Waals surface area contributed by atoms with E-state index in [0.29, 0.717) is 13.2 Å². The molecular formula is C17H18Br2O2. The van der Waals surface area contributed by atoms with Crippen LogP contribution in [0.4, 0.5) is 0 Å². The van der Waals surface area contributed by atoms with Gasteiger partial charge in [-0.1, -0.05) is 52.3 Å². The second kappa shape index (κ2) is 8.57. The van der Waals surface area contributed by atoms with Crippen molar-refractivity contribution in [2.24, 2.45) is 0 Å². The molecule has 0 aliphatic rings. The maximum Gasteiger partial charge on any atom is 0.133 e. The Morgan fingerprint density at radius 1 is 1.05 bits per heavy atom. The predicted octanol–water partition coefficient (Wildman–Crippen LogP) is 5.15. The molecule has 0 radical (unpaired) electrons. The first-order valence-corrected chi connectivity index (χ1v) is 8.50. The fourth-order valence-electron chi connectivity index (χ4n) is 2.00. The van der Waals surface area contributed by atoms with Gasteiger partial charge in [-0.25, -0.2) is 0 Å². The number of rotatable bonds is 7. The summed E-state index contributed by atoms with van der Waals surface area (Å²) in [5.74, 6) is 0.843. The Morgan fingerprint density at radius 2 is 1.81 bits per heavy atom. The van der Waals surface area contributed by atoms with Crippen molar-refractivity contribution in [3.05, 3.63) is 64.1 Å². The third kappa shape index (κ3) is 5.13. The van der Waals surface area contributed by atoms with Gasteiger partial charge in [0.05, 0.1) is 11.1 Å². The van der Waals surface area contributed by atoms with E-state index in [1.54, 1.807) is 7.11 Å². The second-order valence-corrected chi connectivity index (χ2v) is 6.65. The van der Waals surface area contributed by atoms with Crippen LogP contribution in [0.3, 0.4) is 0 Å². The lowest BCUT2D eigenvalue weighted by molar-refractivity contribution is 0.146. The summed E-state index contributed by atoms with van der Waals surface area (Å²) < 4.78 is 11.6. The number of methoxy groups -OCH3 is 1. The lowest BCUT2D eigenvalue weighted by Gasteiger charge is -2.13. The summed E-state index contributed by atoms with van der Waals surface area (Å²) in [6.07, 6.45) is 0.956. The van der Waals surface area contributed by atoms with Crippen LogP contribution in [-0.4, -0.2) is 20.3 Å². The quantitative estimate of drug-likeness (QED) is 0.461. The smallest absolute Gasteiger partial charge is 0.133 e. The molecule has 112 valence electrons. The standard InChI is InChI=1S/C17H18Br2O2/c1-20-9-10-21-17-8-7-14(12-16(17)19)15(18)11-13-5-3-2-4-6-13/h2-8,12,15H,9-11H2,1H3. The highest BCUT2D eigenvalue weighted by Gasteiger charge is 2.11. The molecule has 0 amide bonds. The number of hydrogen-bond donors (Lipinski definition) is 0. The largest absolute Gasteiger partial charge is 0.490 e. The Bertz CT molecular complexity index is 558. The number of alkyl halides is 1. The van der Waals surface area contributed by atoms with Gasteiger partial charge in [-0.15, -0.1) is 0 Å². The molecule has 0 aliphatic heterocycles. The zero-order valence-electron chi connectivity index (χ0n) is 11.9. The van der Waals surface area contributed by atoms with Crippen molar-refractivity contribution >= 4 is 31.9 Å². The van der Waals surface area contributed by atoms with Crippen LogP contribution in [0.2, 0.25) is 0 Å². The molecule has 0 aromatic heterocycles. The van der Waals surface area contributed by atoms with Gasteiger partial charge >= 0.3 is 0 Å². The van der Waals surface area contributed by atoms with Crippen LogP contribution >= 0.6 is 31.9 Å². The van der Waals surface area contributed by atoms with E-state index in [0.717, 1.165) is 16.6 Å². The minimum absolute atomic E-state index is 0.282. The van der Waals surface area contributed by atoms with Crippen LogP contribution in [0.1, 0.15) is 16.0 Å². The monoisotopic (exact) mass is 412 g/mol. The molecule has 0 saturated heterocycles. The molecule has 1 unspecified atom stereocenters. The van der Waals surface area contributed by atoms with E-state index < -0.39 is 0 Å². The van der Waals surface area contributed by atoms with Gasteiger partial charge in [-0.05, 0) is 45.6 Å². The van der Waals surface area contributed by atoms with Gasteiger partial charge < -0.3 is 9.47 Å². The van der Waals surface area contributed by atoms with E-state index >= 15 is 0 Å². The first-order valence-electron chi connectivity index (χ1n) is 6.80. The fourth-order valence-corrected chi connectivity index (χ4v) is 3.17. The molecule has 2 rings (SSSR count). The highest BCUT2D eigenvalue weighted by molar-refractivity contribution is 9.10. The Labute approximate surface area is 142 Å². The van der Waals surface area contributed by atoms with Crippen LogP contribution in [0.5, 0.6) is 5.75 Å². The lowest BCUT2D eigenvalue weighted by atomic mass is 10.0. The van der Waals surface area contributed by atoms with E-state index in [1.807, 2.05) is 12.1 Å². The Balaban J connectivity index is 2.01. The van der Waals surface area contributed by atoms with Crippen molar-refractivity contribution in [2.45, 2.75) is 11.2 Å². The van der Waals surface area contributed by atoms with Crippen LogP contribution < -0.4 is 4.74 Å². The van der Waals surface area contributed by atoms with Crippen molar-refractivity contribution in [2.75, 3.05) is 20.3 Å². The first-order chi connectivity index (χ1) is 10.2. The van der Waals surface area contributed by atoms with Gasteiger partial charge in [0.15, 0.2) is 0 Å². The molecule has 4 heteroatoms. The molecule has 0 N–H and O–H groups in total. The predicted molar refractivity (Wildman–Crippen MR) is 93.3 cm³/mol. The summed E-state index contributed by atoms with van der Waals surface area (Å²) >= 11 is 7.33. The molecule has 0 heterocycles. The maximum atomic E-state index is 5.64. The number of halogens is 2. The zero-order valence-corrected chi connectivity index (χ0v) is 15.1. The van der Waals surface area contributed by atoms with Crippen LogP contribution in [0, 0.1) is 0 Å². The van der Waals surface area contributed by atoms with Gasteiger partial charge in [-0.2, -0.15) is 0 Å². The van der Waals surface area contributed by atoms with E-state index in [-0.39, 0.29) is 4.83 Å². The second-order valence-electron chi connectivity index (χ2n) is 4.69. The van der Waals surface area contributed by atoms with E-state index in [9.17, 15) is 0 Å². The summed E-state index contributed by atoms with van der Waals surface area (Å²) in [6.45, 7) is 1.14. The summed E-state index contributed by atoms with van der Waals surface area (Å²) in [5, 5.41) is 0. The molecule has 0 saturated carbocycles. The van der Waals surface area contributed by atoms with E-state index in [1.165, 1.54) is 11.1 Å². The first kappa shape index (κ1) is 16.5. The van der Waals surface area contributed by atoms with Crippen LogP contribution in [-0.2, 0) is 11.2 Å². The SMILES string of the molecule is COCCOc1ccc(C(Br)Cc2ccccc2)cc1Br. The van der Waals surface area contributed by atoms with Gasteiger partial charge in [0.2, 0.25) is 0 Å². The minimum Gasteiger partial charge on any atom is -0.490 e. The summed E-state index contributed by atoms with van der Waals surface area (Å²) in [6, 6.07) is 16.6. The van der Waals surface area contributed by atoms with Crippen LogP contribution in [0.15, 0.2) is 53.0 Å². The van der Waals surface area contributed by atoms with Crippen molar-refractivity contribution < 1.29 is 9.47 Å². The molecule has 2 aromatic carbocycles. The Hall–Kier alpha value is -0.840. The number of ether oxygens (including phenoxy) is 2. The lowest BCUT2D eigenvalue weighted by Crippen LogP contribution is -2.05. The van der Waals surface area contributed by atoms with Crippen molar-refractivity contribution in [1.82, 2.24) is 0 Å². The van der Waals surface area contributed by atoms with E-state index in [4.69, 9.17) is 9.47 Å². The number of benzene rings is 2. The van der Waals surface area contributed by atoms with Crippen molar-refractivity contribution in [3.63, 3.8) is 0 Å². The molecule has 0 spiro atoms. The van der Waals surface area contributed by atoms with Gasteiger partial charge in [-0.3, -0.25) is 0 Å². The zero-order chi connectivity index (χ0) is 15.1.